The summed E-state index contributed by atoms with van der Waals surface area (Å²) >= 11 is 0. The Morgan fingerprint density at radius 3 is 2.67 bits per heavy atom. The van der Waals surface area contributed by atoms with Gasteiger partial charge in [-0.2, -0.15) is 5.26 Å². The van der Waals surface area contributed by atoms with Gasteiger partial charge in [-0.25, -0.2) is 0 Å². The number of hydrogen-bond donors (Lipinski definition) is 0. The molecular formula is C20H26N4. The van der Waals surface area contributed by atoms with Gasteiger partial charge in [-0.15, -0.1) is 0 Å². The molecule has 0 saturated carbocycles. The zero-order valence-electron chi connectivity index (χ0n) is 14.7. The maximum absolute atomic E-state index is 9.21. The molecule has 0 radical (unpaired) electrons. The van der Waals surface area contributed by atoms with E-state index in [1.807, 2.05) is 10.6 Å². The summed E-state index contributed by atoms with van der Waals surface area (Å²) in [6, 6.07) is 13.0. The van der Waals surface area contributed by atoms with Gasteiger partial charge in [0.2, 0.25) is 0 Å². The standard InChI is InChI=1S/C20H26N4/c1-3-23-16-18(13-19(23)14-21)15-22-9-6-10-24(12-11-22)20-8-5-4-7-17(20)2/h4-5,7-8,13,16H,3,6,9-12,15H2,1-2H3. The van der Waals surface area contributed by atoms with Gasteiger partial charge < -0.3 is 9.47 Å². The number of nitriles is 1. The zero-order valence-corrected chi connectivity index (χ0v) is 14.7. The molecule has 0 N–H and O–H groups in total. The second-order valence-corrected chi connectivity index (χ2v) is 6.53. The van der Waals surface area contributed by atoms with Crippen LogP contribution in [0.1, 0.15) is 30.2 Å². The molecule has 2 aromatic rings. The lowest BCUT2D eigenvalue weighted by atomic mass is 10.2. The number of nitrogens with zero attached hydrogens (tertiary/aromatic N) is 4. The van der Waals surface area contributed by atoms with E-state index in [1.54, 1.807) is 0 Å². The summed E-state index contributed by atoms with van der Waals surface area (Å²) in [6.45, 7) is 10.4. The molecule has 1 aromatic carbocycles. The Kier molecular flexibility index (Phi) is 5.22. The van der Waals surface area contributed by atoms with Gasteiger partial charge in [-0.05, 0) is 43.5 Å². The van der Waals surface area contributed by atoms with Gasteiger partial charge in [0.15, 0.2) is 0 Å². The number of benzene rings is 1. The molecule has 1 saturated heterocycles. The minimum absolute atomic E-state index is 0.767. The highest BCUT2D eigenvalue weighted by atomic mass is 15.2. The van der Waals surface area contributed by atoms with Gasteiger partial charge in [0.25, 0.3) is 0 Å². The van der Waals surface area contributed by atoms with E-state index >= 15 is 0 Å². The molecular weight excluding hydrogens is 296 g/mol. The van der Waals surface area contributed by atoms with Gasteiger partial charge >= 0.3 is 0 Å². The van der Waals surface area contributed by atoms with Crippen LogP contribution in [0.15, 0.2) is 36.5 Å². The normalized spacial score (nSPS) is 16.0. The Morgan fingerprint density at radius 1 is 1.12 bits per heavy atom. The molecule has 1 aliphatic rings. The zero-order chi connectivity index (χ0) is 16.9. The third-order valence-electron chi connectivity index (χ3n) is 4.86. The summed E-state index contributed by atoms with van der Waals surface area (Å²) < 4.78 is 2.03. The van der Waals surface area contributed by atoms with Gasteiger partial charge in [0.1, 0.15) is 11.8 Å². The van der Waals surface area contributed by atoms with Crippen molar-refractivity contribution >= 4 is 5.69 Å². The molecule has 1 aliphatic heterocycles. The van der Waals surface area contributed by atoms with E-state index < -0.39 is 0 Å². The summed E-state index contributed by atoms with van der Waals surface area (Å²) in [7, 11) is 0. The predicted octanol–water partition coefficient (Wildman–Crippen LogP) is 3.40. The summed E-state index contributed by atoms with van der Waals surface area (Å²) in [5.74, 6) is 0. The van der Waals surface area contributed by atoms with Crippen molar-refractivity contribution in [1.82, 2.24) is 9.47 Å². The molecule has 0 bridgehead atoms. The molecule has 3 rings (SSSR count). The van der Waals surface area contributed by atoms with Crippen molar-refractivity contribution in [2.24, 2.45) is 0 Å². The van der Waals surface area contributed by atoms with Gasteiger partial charge in [0.05, 0.1) is 0 Å². The van der Waals surface area contributed by atoms with Crippen molar-refractivity contribution in [3.05, 3.63) is 53.3 Å². The van der Waals surface area contributed by atoms with E-state index in [4.69, 9.17) is 0 Å². The van der Waals surface area contributed by atoms with Crippen LogP contribution in [0.4, 0.5) is 5.69 Å². The van der Waals surface area contributed by atoms with Crippen molar-refractivity contribution in [2.75, 3.05) is 31.1 Å². The van der Waals surface area contributed by atoms with Crippen molar-refractivity contribution < 1.29 is 0 Å². The van der Waals surface area contributed by atoms with Crippen LogP contribution in [0.25, 0.3) is 0 Å². The van der Waals surface area contributed by atoms with Crippen molar-refractivity contribution in [2.45, 2.75) is 33.4 Å². The number of rotatable bonds is 4. The molecule has 0 unspecified atom stereocenters. The largest absolute Gasteiger partial charge is 0.370 e. The Balaban J connectivity index is 1.65. The lowest BCUT2D eigenvalue weighted by Gasteiger charge is -2.25. The average molecular weight is 322 g/mol. The fourth-order valence-corrected chi connectivity index (χ4v) is 3.56. The lowest BCUT2D eigenvalue weighted by molar-refractivity contribution is 0.285. The molecule has 24 heavy (non-hydrogen) atoms. The van der Waals surface area contributed by atoms with Crippen LogP contribution in [-0.2, 0) is 13.1 Å². The van der Waals surface area contributed by atoms with Gasteiger partial charge in [-0.3, -0.25) is 4.90 Å². The Hall–Kier alpha value is -2.25. The minimum Gasteiger partial charge on any atom is -0.370 e. The first-order valence-corrected chi connectivity index (χ1v) is 8.83. The van der Waals surface area contributed by atoms with Gasteiger partial charge in [-0.1, -0.05) is 18.2 Å². The predicted molar refractivity (Wildman–Crippen MR) is 98.1 cm³/mol. The maximum Gasteiger partial charge on any atom is 0.120 e. The second-order valence-electron chi connectivity index (χ2n) is 6.53. The monoisotopic (exact) mass is 322 g/mol. The molecule has 4 heteroatoms. The average Bonchev–Trinajstić information content (AvgIpc) is 2.85. The highest BCUT2D eigenvalue weighted by molar-refractivity contribution is 5.53. The molecule has 1 fully saturated rings. The molecule has 0 spiro atoms. The van der Waals surface area contributed by atoms with E-state index in [1.165, 1.54) is 23.2 Å². The van der Waals surface area contributed by atoms with Crippen molar-refractivity contribution in [3.63, 3.8) is 0 Å². The first kappa shape index (κ1) is 16.6. The second kappa shape index (κ2) is 7.55. The molecule has 0 atom stereocenters. The molecule has 2 heterocycles. The van der Waals surface area contributed by atoms with E-state index in [0.717, 1.165) is 45.0 Å². The smallest absolute Gasteiger partial charge is 0.120 e. The quantitative estimate of drug-likeness (QED) is 0.865. The summed E-state index contributed by atoms with van der Waals surface area (Å²) in [5, 5.41) is 9.21. The Morgan fingerprint density at radius 2 is 1.96 bits per heavy atom. The number of aromatic nitrogens is 1. The summed E-state index contributed by atoms with van der Waals surface area (Å²) in [6.07, 6.45) is 3.30. The number of aryl methyl sites for hydroxylation is 2. The Bertz CT molecular complexity index is 725. The fraction of sp³-hybridized carbons (Fsp3) is 0.450. The van der Waals surface area contributed by atoms with Crippen LogP contribution < -0.4 is 4.90 Å². The van der Waals surface area contributed by atoms with Crippen molar-refractivity contribution in [3.8, 4) is 6.07 Å². The molecule has 126 valence electrons. The third-order valence-corrected chi connectivity index (χ3v) is 4.86. The topological polar surface area (TPSA) is 35.2 Å². The SMILES string of the molecule is CCn1cc(CN2CCCN(c3ccccc3C)CC2)cc1C#N. The first-order chi connectivity index (χ1) is 11.7. The molecule has 0 amide bonds. The molecule has 0 aliphatic carbocycles. The van der Waals surface area contributed by atoms with E-state index in [2.05, 4.69) is 60.2 Å². The maximum atomic E-state index is 9.21. The first-order valence-electron chi connectivity index (χ1n) is 8.83. The van der Waals surface area contributed by atoms with E-state index in [0.29, 0.717) is 0 Å². The Labute approximate surface area is 144 Å². The van der Waals surface area contributed by atoms with Crippen LogP contribution in [0, 0.1) is 18.3 Å². The summed E-state index contributed by atoms with van der Waals surface area (Å²) in [4.78, 5) is 5.02. The minimum atomic E-state index is 0.767. The number of hydrogen-bond acceptors (Lipinski definition) is 3. The van der Waals surface area contributed by atoms with E-state index in [9.17, 15) is 5.26 Å². The van der Waals surface area contributed by atoms with Crippen LogP contribution in [-0.4, -0.2) is 35.6 Å². The molecule has 4 nitrogen and oxygen atoms in total. The highest BCUT2D eigenvalue weighted by Crippen LogP contribution is 2.21. The van der Waals surface area contributed by atoms with Gasteiger partial charge in [0, 0.05) is 51.2 Å². The fourth-order valence-electron chi connectivity index (χ4n) is 3.56. The van der Waals surface area contributed by atoms with Crippen LogP contribution >= 0.6 is 0 Å². The molecule has 1 aromatic heterocycles. The highest BCUT2D eigenvalue weighted by Gasteiger charge is 2.17. The van der Waals surface area contributed by atoms with Crippen LogP contribution in [0.3, 0.4) is 0 Å². The van der Waals surface area contributed by atoms with Crippen molar-refractivity contribution in [1.29, 1.82) is 5.26 Å². The summed E-state index contributed by atoms with van der Waals surface area (Å²) in [5.41, 5.74) is 4.73. The number of para-hydroxylation sites is 1. The third kappa shape index (κ3) is 3.63. The van der Waals surface area contributed by atoms with E-state index in [-0.39, 0.29) is 0 Å². The van der Waals surface area contributed by atoms with Crippen LogP contribution in [0.5, 0.6) is 0 Å². The number of anilines is 1. The van der Waals surface area contributed by atoms with Crippen LogP contribution in [0.2, 0.25) is 0 Å². The lowest BCUT2D eigenvalue weighted by Crippen LogP contribution is -2.30.